The Hall–Kier alpha value is -2.42. The van der Waals surface area contributed by atoms with Crippen LogP contribution in [0, 0.1) is 0 Å². The summed E-state index contributed by atoms with van der Waals surface area (Å²) in [5.41, 5.74) is 13.1. The first-order valence-electron chi connectivity index (χ1n) is 8.43. The van der Waals surface area contributed by atoms with Crippen LogP contribution in [0.2, 0.25) is 0 Å². The number of primary amides is 2. The van der Waals surface area contributed by atoms with Gasteiger partial charge in [0.15, 0.2) is 0 Å². The molecule has 1 aliphatic heterocycles. The standard InChI is InChI=1S/C18H23N5O2S/c1-22-6-8-23(9-7-22)11-12-4-2-3-5-13(12)15-10-14(16(19)24)17(26-15)21-18(20)25/h2-5,10H,6-9,11H2,1H3,(H2,19,24)(H3,20,21,25). The van der Waals surface area contributed by atoms with Gasteiger partial charge in [-0.15, -0.1) is 11.3 Å². The van der Waals surface area contributed by atoms with Crippen molar-refractivity contribution < 1.29 is 9.59 Å². The molecule has 0 saturated carbocycles. The maximum Gasteiger partial charge on any atom is 0.317 e. The van der Waals surface area contributed by atoms with Crippen LogP contribution in [-0.4, -0.2) is 55.0 Å². The van der Waals surface area contributed by atoms with Crippen LogP contribution in [0.25, 0.3) is 10.4 Å². The Labute approximate surface area is 156 Å². The lowest BCUT2D eigenvalue weighted by Crippen LogP contribution is -2.43. The third-order valence-electron chi connectivity index (χ3n) is 4.51. The van der Waals surface area contributed by atoms with E-state index in [1.807, 2.05) is 18.2 Å². The van der Waals surface area contributed by atoms with Crippen molar-refractivity contribution >= 4 is 28.3 Å². The number of thiophene rings is 1. The lowest BCUT2D eigenvalue weighted by atomic mass is 10.0. The van der Waals surface area contributed by atoms with Gasteiger partial charge in [-0.2, -0.15) is 0 Å². The minimum atomic E-state index is -0.716. The van der Waals surface area contributed by atoms with Gasteiger partial charge in [0.1, 0.15) is 5.00 Å². The number of nitrogens with two attached hydrogens (primary N) is 2. The van der Waals surface area contributed by atoms with Crippen LogP contribution in [0.3, 0.4) is 0 Å². The highest BCUT2D eigenvalue weighted by atomic mass is 32.1. The Balaban J connectivity index is 1.90. The number of anilines is 1. The van der Waals surface area contributed by atoms with E-state index in [-0.39, 0.29) is 5.56 Å². The number of urea groups is 1. The first-order chi connectivity index (χ1) is 12.4. The number of benzene rings is 1. The van der Waals surface area contributed by atoms with Gasteiger partial charge in [0.2, 0.25) is 0 Å². The molecular formula is C18H23N5O2S. The van der Waals surface area contributed by atoms with E-state index in [2.05, 4.69) is 28.2 Å². The molecule has 1 fully saturated rings. The number of amides is 3. The average Bonchev–Trinajstić information content (AvgIpc) is 3.00. The zero-order valence-electron chi connectivity index (χ0n) is 14.7. The number of carbonyl (C=O) groups is 2. The molecule has 2 heterocycles. The third-order valence-corrected chi connectivity index (χ3v) is 5.59. The third kappa shape index (κ3) is 4.21. The average molecular weight is 373 g/mol. The summed E-state index contributed by atoms with van der Waals surface area (Å²) in [5, 5.41) is 2.87. The van der Waals surface area contributed by atoms with Crippen LogP contribution in [0.15, 0.2) is 30.3 Å². The van der Waals surface area contributed by atoms with Crippen LogP contribution in [0.4, 0.5) is 9.80 Å². The van der Waals surface area contributed by atoms with Gasteiger partial charge in [0, 0.05) is 37.6 Å². The topological polar surface area (TPSA) is 105 Å². The number of piperazine rings is 1. The fourth-order valence-electron chi connectivity index (χ4n) is 3.06. The van der Waals surface area contributed by atoms with E-state index >= 15 is 0 Å². The van der Waals surface area contributed by atoms with Gasteiger partial charge in [-0.1, -0.05) is 24.3 Å². The molecule has 0 bridgehead atoms. The van der Waals surface area contributed by atoms with Crippen molar-refractivity contribution in [1.29, 1.82) is 0 Å². The van der Waals surface area contributed by atoms with Crippen molar-refractivity contribution in [2.24, 2.45) is 11.5 Å². The van der Waals surface area contributed by atoms with Crippen LogP contribution >= 0.6 is 11.3 Å². The second-order valence-electron chi connectivity index (χ2n) is 6.44. The largest absolute Gasteiger partial charge is 0.366 e. The van der Waals surface area contributed by atoms with Gasteiger partial charge in [-0.3, -0.25) is 15.0 Å². The fraction of sp³-hybridized carbons (Fsp3) is 0.333. The van der Waals surface area contributed by atoms with Crippen molar-refractivity contribution in [2.75, 3.05) is 38.5 Å². The molecule has 3 rings (SSSR count). The highest BCUT2D eigenvalue weighted by Crippen LogP contribution is 2.37. The van der Waals surface area contributed by atoms with Crippen LogP contribution in [-0.2, 0) is 6.54 Å². The molecule has 1 aliphatic rings. The number of carbonyl (C=O) groups excluding carboxylic acids is 2. The predicted octanol–water partition coefficient (Wildman–Crippen LogP) is 1.75. The molecule has 138 valence electrons. The minimum absolute atomic E-state index is 0.276. The quantitative estimate of drug-likeness (QED) is 0.742. The Morgan fingerprint density at radius 2 is 1.85 bits per heavy atom. The summed E-state index contributed by atoms with van der Waals surface area (Å²) in [6.45, 7) is 5.00. The molecule has 0 aliphatic carbocycles. The molecule has 1 aromatic heterocycles. The van der Waals surface area contributed by atoms with E-state index in [0.29, 0.717) is 5.00 Å². The van der Waals surface area contributed by atoms with E-state index in [4.69, 9.17) is 11.5 Å². The second-order valence-corrected chi connectivity index (χ2v) is 7.50. The van der Waals surface area contributed by atoms with E-state index in [9.17, 15) is 9.59 Å². The van der Waals surface area contributed by atoms with Gasteiger partial charge in [0.25, 0.3) is 5.91 Å². The first-order valence-corrected chi connectivity index (χ1v) is 9.25. The van der Waals surface area contributed by atoms with E-state index in [0.717, 1.165) is 43.2 Å². The molecule has 3 amide bonds. The number of nitrogens with zero attached hydrogens (tertiary/aromatic N) is 2. The Morgan fingerprint density at radius 3 is 2.50 bits per heavy atom. The Kier molecular flexibility index (Phi) is 5.55. The van der Waals surface area contributed by atoms with Crippen molar-refractivity contribution in [3.63, 3.8) is 0 Å². The zero-order valence-corrected chi connectivity index (χ0v) is 15.5. The minimum Gasteiger partial charge on any atom is -0.366 e. The molecule has 0 radical (unpaired) electrons. The van der Waals surface area contributed by atoms with Gasteiger partial charge >= 0.3 is 6.03 Å². The normalized spacial score (nSPS) is 15.7. The summed E-state index contributed by atoms with van der Waals surface area (Å²) in [4.78, 5) is 28.5. The van der Waals surface area contributed by atoms with Crippen LogP contribution in [0.1, 0.15) is 15.9 Å². The molecule has 0 unspecified atom stereocenters. The van der Waals surface area contributed by atoms with Crippen molar-refractivity contribution in [3.8, 4) is 10.4 Å². The molecule has 5 N–H and O–H groups in total. The lowest BCUT2D eigenvalue weighted by Gasteiger charge is -2.32. The van der Waals surface area contributed by atoms with Crippen LogP contribution in [0.5, 0.6) is 0 Å². The van der Waals surface area contributed by atoms with E-state index in [1.165, 1.54) is 16.9 Å². The lowest BCUT2D eigenvalue weighted by molar-refractivity contribution is 0.100. The summed E-state index contributed by atoms with van der Waals surface area (Å²) in [6, 6.07) is 9.11. The summed E-state index contributed by atoms with van der Waals surface area (Å²) in [6.07, 6.45) is 0. The van der Waals surface area contributed by atoms with Crippen molar-refractivity contribution in [3.05, 3.63) is 41.5 Å². The van der Waals surface area contributed by atoms with Gasteiger partial charge in [-0.05, 0) is 24.2 Å². The SMILES string of the molecule is CN1CCN(Cc2ccccc2-c2cc(C(N)=O)c(NC(N)=O)s2)CC1. The van der Waals surface area contributed by atoms with E-state index in [1.54, 1.807) is 6.07 Å². The molecule has 1 saturated heterocycles. The number of hydrogen-bond donors (Lipinski definition) is 3. The molecule has 0 atom stereocenters. The van der Waals surface area contributed by atoms with Crippen molar-refractivity contribution in [2.45, 2.75) is 6.54 Å². The monoisotopic (exact) mass is 373 g/mol. The van der Waals surface area contributed by atoms with E-state index < -0.39 is 11.9 Å². The number of nitrogens with one attached hydrogen (secondary N) is 1. The van der Waals surface area contributed by atoms with Gasteiger partial charge in [-0.25, -0.2) is 4.79 Å². The summed E-state index contributed by atoms with van der Waals surface area (Å²) in [7, 11) is 2.13. The molecule has 8 heteroatoms. The molecule has 1 aromatic carbocycles. The Morgan fingerprint density at radius 1 is 1.15 bits per heavy atom. The second kappa shape index (κ2) is 7.86. The first kappa shape index (κ1) is 18.4. The van der Waals surface area contributed by atoms with Gasteiger partial charge in [0.05, 0.1) is 5.56 Å². The van der Waals surface area contributed by atoms with Crippen molar-refractivity contribution in [1.82, 2.24) is 9.80 Å². The number of rotatable bonds is 5. The Bertz CT molecular complexity index is 812. The summed E-state index contributed by atoms with van der Waals surface area (Å²) in [5.74, 6) is -0.590. The molecular weight excluding hydrogens is 350 g/mol. The molecule has 2 aromatic rings. The van der Waals surface area contributed by atoms with Gasteiger partial charge < -0.3 is 16.4 Å². The maximum absolute atomic E-state index is 11.7. The summed E-state index contributed by atoms with van der Waals surface area (Å²) < 4.78 is 0. The summed E-state index contributed by atoms with van der Waals surface area (Å²) >= 11 is 1.31. The maximum atomic E-state index is 11.7. The molecule has 7 nitrogen and oxygen atoms in total. The number of likely N-dealkylation sites (N-methyl/N-ethyl adjacent to an activating group) is 1. The zero-order chi connectivity index (χ0) is 18.7. The molecule has 26 heavy (non-hydrogen) atoms. The smallest absolute Gasteiger partial charge is 0.317 e. The molecule has 0 spiro atoms. The highest BCUT2D eigenvalue weighted by molar-refractivity contribution is 7.20. The van der Waals surface area contributed by atoms with Crippen LogP contribution < -0.4 is 16.8 Å². The highest BCUT2D eigenvalue weighted by Gasteiger charge is 2.19. The predicted molar refractivity (Wildman–Crippen MR) is 104 cm³/mol. The fourth-order valence-corrected chi connectivity index (χ4v) is 4.18. The number of hydrogen-bond acceptors (Lipinski definition) is 5.